The van der Waals surface area contributed by atoms with Crippen molar-refractivity contribution in [1.82, 2.24) is 0 Å². The number of halogens is 1. The molecule has 2 nitrogen and oxygen atoms in total. The molecule has 24 heavy (non-hydrogen) atoms. The lowest BCUT2D eigenvalue weighted by molar-refractivity contribution is 0.378. The molecule has 2 aromatic rings. The SMILES string of the molecule is COc1cc(/C=C/c2ccc(F)cc2)cc(OC)c1C1CCCC1. The minimum atomic E-state index is -0.226. The van der Waals surface area contributed by atoms with E-state index in [1.165, 1.54) is 43.4 Å². The molecule has 0 amide bonds. The van der Waals surface area contributed by atoms with E-state index < -0.39 is 0 Å². The number of benzene rings is 2. The molecule has 126 valence electrons. The second-order valence-electron chi connectivity index (χ2n) is 6.21. The van der Waals surface area contributed by atoms with Crippen molar-refractivity contribution in [2.24, 2.45) is 0 Å². The van der Waals surface area contributed by atoms with Gasteiger partial charge in [-0.25, -0.2) is 4.39 Å². The molecule has 0 N–H and O–H groups in total. The monoisotopic (exact) mass is 326 g/mol. The van der Waals surface area contributed by atoms with Crippen LogP contribution in [0.4, 0.5) is 4.39 Å². The van der Waals surface area contributed by atoms with E-state index in [0.29, 0.717) is 5.92 Å². The van der Waals surface area contributed by atoms with Crippen LogP contribution in [0.5, 0.6) is 11.5 Å². The van der Waals surface area contributed by atoms with Gasteiger partial charge in [-0.15, -0.1) is 0 Å². The zero-order chi connectivity index (χ0) is 16.9. The molecule has 3 heteroatoms. The Bertz CT molecular complexity index is 688. The molecule has 3 rings (SSSR count). The molecule has 0 saturated heterocycles. The first-order valence-electron chi connectivity index (χ1n) is 8.41. The van der Waals surface area contributed by atoms with Crippen LogP contribution in [-0.2, 0) is 0 Å². The van der Waals surface area contributed by atoms with Crippen LogP contribution in [0.2, 0.25) is 0 Å². The summed E-state index contributed by atoms with van der Waals surface area (Å²) in [6.07, 6.45) is 8.88. The van der Waals surface area contributed by atoms with E-state index in [1.54, 1.807) is 26.4 Å². The van der Waals surface area contributed by atoms with Crippen LogP contribution in [0.25, 0.3) is 12.2 Å². The fourth-order valence-corrected chi connectivity index (χ4v) is 3.44. The molecule has 1 aliphatic rings. The van der Waals surface area contributed by atoms with E-state index in [-0.39, 0.29) is 5.82 Å². The third-order valence-corrected chi connectivity index (χ3v) is 4.67. The fraction of sp³-hybridized carbons (Fsp3) is 0.333. The highest BCUT2D eigenvalue weighted by Crippen LogP contribution is 2.44. The molecule has 0 spiro atoms. The van der Waals surface area contributed by atoms with Crippen molar-refractivity contribution in [2.45, 2.75) is 31.6 Å². The molecule has 0 aromatic heterocycles. The Hall–Kier alpha value is -2.29. The molecule has 0 aliphatic heterocycles. The van der Waals surface area contributed by atoms with Gasteiger partial charge in [0.05, 0.1) is 14.2 Å². The Morgan fingerprint density at radius 1 is 0.875 bits per heavy atom. The quantitative estimate of drug-likeness (QED) is 0.659. The number of rotatable bonds is 5. The second kappa shape index (κ2) is 7.52. The Morgan fingerprint density at radius 3 is 1.96 bits per heavy atom. The van der Waals surface area contributed by atoms with Crippen molar-refractivity contribution in [3.8, 4) is 11.5 Å². The van der Waals surface area contributed by atoms with Crippen LogP contribution in [0.3, 0.4) is 0 Å². The first kappa shape index (κ1) is 16.6. The number of ether oxygens (including phenoxy) is 2. The molecule has 0 unspecified atom stereocenters. The van der Waals surface area contributed by atoms with Crippen molar-refractivity contribution >= 4 is 12.2 Å². The lowest BCUT2D eigenvalue weighted by Gasteiger charge is -2.19. The highest BCUT2D eigenvalue weighted by molar-refractivity contribution is 5.72. The van der Waals surface area contributed by atoms with E-state index in [4.69, 9.17) is 9.47 Å². The molecule has 0 atom stereocenters. The normalized spacial score (nSPS) is 15.1. The summed E-state index contributed by atoms with van der Waals surface area (Å²) in [4.78, 5) is 0. The molecule has 1 saturated carbocycles. The van der Waals surface area contributed by atoms with Gasteiger partial charge in [0.1, 0.15) is 17.3 Å². The zero-order valence-corrected chi connectivity index (χ0v) is 14.2. The van der Waals surface area contributed by atoms with Gasteiger partial charge < -0.3 is 9.47 Å². The maximum atomic E-state index is 13.0. The molecule has 1 fully saturated rings. The van der Waals surface area contributed by atoms with Gasteiger partial charge in [0.2, 0.25) is 0 Å². The van der Waals surface area contributed by atoms with Gasteiger partial charge in [-0.3, -0.25) is 0 Å². The third kappa shape index (κ3) is 3.61. The molecule has 0 radical (unpaired) electrons. The minimum absolute atomic E-state index is 0.226. The Morgan fingerprint density at radius 2 is 1.42 bits per heavy atom. The van der Waals surface area contributed by atoms with E-state index in [0.717, 1.165) is 22.6 Å². The molecule has 2 aromatic carbocycles. The fourth-order valence-electron chi connectivity index (χ4n) is 3.44. The number of methoxy groups -OCH3 is 2. The Labute approximate surface area is 142 Å². The first-order valence-corrected chi connectivity index (χ1v) is 8.41. The Kier molecular flexibility index (Phi) is 5.19. The molecule has 0 bridgehead atoms. The predicted octanol–water partition coefficient (Wildman–Crippen LogP) is 5.67. The lowest BCUT2D eigenvalue weighted by Crippen LogP contribution is -2.01. The summed E-state index contributed by atoms with van der Waals surface area (Å²) in [5.41, 5.74) is 3.15. The second-order valence-corrected chi connectivity index (χ2v) is 6.21. The zero-order valence-electron chi connectivity index (χ0n) is 14.2. The summed E-state index contributed by atoms with van der Waals surface area (Å²) in [5.74, 6) is 2.07. The molecular formula is C21H23FO2. The van der Waals surface area contributed by atoms with Crippen molar-refractivity contribution in [2.75, 3.05) is 14.2 Å². The average Bonchev–Trinajstić information content (AvgIpc) is 3.14. The third-order valence-electron chi connectivity index (χ3n) is 4.67. The smallest absolute Gasteiger partial charge is 0.126 e. The van der Waals surface area contributed by atoms with Crippen LogP contribution < -0.4 is 9.47 Å². The first-order chi connectivity index (χ1) is 11.7. The van der Waals surface area contributed by atoms with Gasteiger partial charge in [-0.1, -0.05) is 37.1 Å². The maximum Gasteiger partial charge on any atom is 0.126 e. The summed E-state index contributed by atoms with van der Waals surface area (Å²) in [6.45, 7) is 0. The van der Waals surface area contributed by atoms with Gasteiger partial charge in [0, 0.05) is 5.56 Å². The molecule has 1 aliphatic carbocycles. The van der Waals surface area contributed by atoms with Crippen molar-refractivity contribution < 1.29 is 13.9 Å². The van der Waals surface area contributed by atoms with Crippen molar-refractivity contribution in [3.63, 3.8) is 0 Å². The van der Waals surface area contributed by atoms with Gasteiger partial charge in [-0.2, -0.15) is 0 Å². The van der Waals surface area contributed by atoms with Crippen LogP contribution in [0.15, 0.2) is 36.4 Å². The highest BCUT2D eigenvalue weighted by atomic mass is 19.1. The van der Waals surface area contributed by atoms with Crippen LogP contribution in [-0.4, -0.2) is 14.2 Å². The van der Waals surface area contributed by atoms with Crippen LogP contribution in [0.1, 0.15) is 48.3 Å². The van der Waals surface area contributed by atoms with E-state index in [1.807, 2.05) is 12.2 Å². The average molecular weight is 326 g/mol. The van der Waals surface area contributed by atoms with Gasteiger partial charge >= 0.3 is 0 Å². The topological polar surface area (TPSA) is 18.5 Å². The summed E-state index contributed by atoms with van der Waals surface area (Å²) >= 11 is 0. The summed E-state index contributed by atoms with van der Waals surface area (Å²) in [6, 6.07) is 10.5. The predicted molar refractivity (Wildman–Crippen MR) is 96.1 cm³/mol. The number of hydrogen-bond donors (Lipinski definition) is 0. The summed E-state index contributed by atoms with van der Waals surface area (Å²) < 4.78 is 24.3. The van der Waals surface area contributed by atoms with Gasteiger partial charge in [0.25, 0.3) is 0 Å². The number of hydrogen-bond acceptors (Lipinski definition) is 2. The highest BCUT2D eigenvalue weighted by Gasteiger charge is 2.24. The van der Waals surface area contributed by atoms with Crippen molar-refractivity contribution in [1.29, 1.82) is 0 Å². The van der Waals surface area contributed by atoms with Crippen molar-refractivity contribution in [3.05, 3.63) is 58.9 Å². The van der Waals surface area contributed by atoms with Crippen LogP contribution >= 0.6 is 0 Å². The standard InChI is InChI=1S/C21H23FO2/c1-23-19-13-16(8-7-15-9-11-18(22)12-10-15)14-20(24-2)21(19)17-5-3-4-6-17/h7-14,17H,3-6H2,1-2H3/b8-7+. The minimum Gasteiger partial charge on any atom is -0.496 e. The van der Waals surface area contributed by atoms with Gasteiger partial charge in [-0.05, 0) is 54.2 Å². The van der Waals surface area contributed by atoms with E-state index in [2.05, 4.69) is 12.1 Å². The summed E-state index contributed by atoms with van der Waals surface area (Å²) in [5, 5.41) is 0. The largest absolute Gasteiger partial charge is 0.496 e. The van der Waals surface area contributed by atoms with E-state index in [9.17, 15) is 4.39 Å². The van der Waals surface area contributed by atoms with Crippen LogP contribution in [0, 0.1) is 5.82 Å². The van der Waals surface area contributed by atoms with E-state index >= 15 is 0 Å². The molecule has 0 heterocycles. The summed E-state index contributed by atoms with van der Waals surface area (Å²) in [7, 11) is 3.42. The maximum absolute atomic E-state index is 13.0. The van der Waals surface area contributed by atoms with Gasteiger partial charge in [0.15, 0.2) is 0 Å². The molecular weight excluding hydrogens is 303 g/mol. The lowest BCUT2D eigenvalue weighted by atomic mass is 9.94. The Balaban J connectivity index is 1.92.